The summed E-state index contributed by atoms with van der Waals surface area (Å²) < 4.78 is 98.6. The normalized spacial score (nSPS) is 23.9. The monoisotopic (exact) mass is 556 g/mol. The summed E-state index contributed by atoms with van der Waals surface area (Å²) in [6.07, 6.45) is 4.59. The average molecular weight is 557 g/mol. The molecular formula is C30H34F6O3. The molecule has 3 nitrogen and oxygen atoms in total. The maximum Gasteiger partial charge on any atom is 0.458 e. The molecule has 0 spiro atoms. The predicted molar refractivity (Wildman–Crippen MR) is 136 cm³/mol. The largest absolute Gasteiger partial charge is 0.493 e. The molecule has 1 aliphatic heterocycles. The highest BCUT2D eigenvalue weighted by molar-refractivity contribution is 5.86. The Labute approximate surface area is 225 Å². The molecule has 1 heterocycles. The third-order valence-electron chi connectivity index (χ3n) is 7.60. The Bertz CT molecular complexity index is 1170. The van der Waals surface area contributed by atoms with Crippen LogP contribution in [0, 0.1) is 47.0 Å². The lowest BCUT2D eigenvalue weighted by Crippen LogP contribution is -2.38. The van der Waals surface area contributed by atoms with Crippen molar-refractivity contribution in [3.8, 4) is 17.6 Å². The fourth-order valence-corrected chi connectivity index (χ4v) is 5.42. The molecule has 214 valence electrons. The molecule has 1 aliphatic carbocycles. The van der Waals surface area contributed by atoms with Crippen molar-refractivity contribution in [1.29, 1.82) is 0 Å². The number of benzene rings is 2. The minimum Gasteiger partial charge on any atom is -0.493 e. The molecule has 0 atom stereocenters. The van der Waals surface area contributed by atoms with E-state index in [-0.39, 0.29) is 23.3 Å². The van der Waals surface area contributed by atoms with Gasteiger partial charge in [0.15, 0.2) is 12.1 Å². The predicted octanol–water partition coefficient (Wildman–Crippen LogP) is 8.32. The van der Waals surface area contributed by atoms with Crippen LogP contribution in [-0.4, -0.2) is 32.3 Å². The second-order valence-corrected chi connectivity index (χ2v) is 10.6. The minimum absolute atomic E-state index is 0.0963. The topological polar surface area (TPSA) is 27.7 Å². The minimum atomic E-state index is -4.93. The fraction of sp³-hybridized carbons (Fsp3) is 0.600. The van der Waals surface area contributed by atoms with E-state index in [1.54, 1.807) is 0 Å². The van der Waals surface area contributed by atoms with E-state index in [4.69, 9.17) is 14.2 Å². The fourth-order valence-electron chi connectivity index (χ4n) is 5.42. The number of ether oxygens (including phenoxy) is 3. The van der Waals surface area contributed by atoms with E-state index in [0.717, 1.165) is 63.4 Å². The number of rotatable bonds is 9. The summed E-state index contributed by atoms with van der Waals surface area (Å²) in [6.45, 7) is 3.99. The van der Waals surface area contributed by atoms with Crippen LogP contribution < -0.4 is 4.74 Å². The molecule has 39 heavy (non-hydrogen) atoms. The van der Waals surface area contributed by atoms with E-state index in [1.165, 1.54) is 37.7 Å². The third kappa shape index (κ3) is 8.04. The molecule has 0 amide bonds. The molecule has 2 aromatic rings. The summed E-state index contributed by atoms with van der Waals surface area (Å²) in [5.41, 5.74) is -1.13. The highest BCUT2D eigenvalue weighted by Gasteiger charge is 2.32. The zero-order valence-electron chi connectivity index (χ0n) is 22.0. The van der Waals surface area contributed by atoms with E-state index < -0.39 is 34.6 Å². The molecule has 0 radical (unpaired) electrons. The van der Waals surface area contributed by atoms with Crippen LogP contribution in [0.1, 0.15) is 70.3 Å². The molecule has 4 rings (SSSR count). The quantitative estimate of drug-likeness (QED) is 0.177. The summed E-state index contributed by atoms with van der Waals surface area (Å²) in [6, 6.07) is 3.00. The zero-order valence-corrected chi connectivity index (χ0v) is 22.0. The maximum atomic E-state index is 14.7. The molecular weight excluding hydrogens is 522 g/mol. The Morgan fingerprint density at radius 2 is 1.62 bits per heavy atom. The lowest BCUT2D eigenvalue weighted by Gasteiger charge is -2.37. The van der Waals surface area contributed by atoms with Crippen molar-refractivity contribution in [2.24, 2.45) is 17.8 Å². The molecule has 1 saturated heterocycles. The standard InChI is InChI=1S/C30H34F6O3/c1-2-3-4-5-6-20-17-38-29(39-18-20)21-9-7-19(8-10-21)16-37-23-13-22-14-25(31)24(11-12-30(34,35)36)28(33)27(22)26(32)15-23/h13-15,19-21,29H,2-10,16-18H2,1H3. The third-order valence-corrected chi connectivity index (χ3v) is 7.60. The van der Waals surface area contributed by atoms with Gasteiger partial charge in [0.2, 0.25) is 0 Å². The second kappa shape index (κ2) is 13.3. The Morgan fingerprint density at radius 3 is 2.28 bits per heavy atom. The Morgan fingerprint density at radius 1 is 0.897 bits per heavy atom. The van der Waals surface area contributed by atoms with Crippen LogP contribution in [-0.2, 0) is 9.47 Å². The number of unbranched alkanes of at least 4 members (excludes halogenated alkanes) is 3. The van der Waals surface area contributed by atoms with Gasteiger partial charge in [-0.15, -0.1) is 0 Å². The molecule has 0 N–H and O–H groups in total. The van der Waals surface area contributed by atoms with Crippen LogP contribution in [0.3, 0.4) is 0 Å². The van der Waals surface area contributed by atoms with Crippen molar-refractivity contribution in [3.63, 3.8) is 0 Å². The van der Waals surface area contributed by atoms with E-state index in [2.05, 4.69) is 6.92 Å². The van der Waals surface area contributed by atoms with E-state index in [0.29, 0.717) is 18.4 Å². The van der Waals surface area contributed by atoms with Crippen LogP contribution >= 0.6 is 0 Å². The van der Waals surface area contributed by atoms with Crippen LogP contribution in [0.4, 0.5) is 26.3 Å². The van der Waals surface area contributed by atoms with E-state index in [9.17, 15) is 26.3 Å². The van der Waals surface area contributed by atoms with Crippen LogP contribution in [0.15, 0.2) is 18.2 Å². The number of hydrogen-bond donors (Lipinski definition) is 0. The van der Waals surface area contributed by atoms with Gasteiger partial charge in [0.1, 0.15) is 17.4 Å². The Kier molecular flexibility index (Phi) is 10.1. The lowest BCUT2D eigenvalue weighted by atomic mass is 9.82. The van der Waals surface area contributed by atoms with Crippen molar-refractivity contribution >= 4 is 10.8 Å². The van der Waals surface area contributed by atoms with Gasteiger partial charge in [0.05, 0.1) is 30.8 Å². The first-order valence-electron chi connectivity index (χ1n) is 13.7. The van der Waals surface area contributed by atoms with Gasteiger partial charge in [-0.2, -0.15) is 13.2 Å². The lowest BCUT2D eigenvalue weighted by molar-refractivity contribution is -0.230. The Hall–Kier alpha value is -2.44. The summed E-state index contributed by atoms with van der Waals surface area (Å²) in [5, 5.41) is -0.789. The van der Waals surface area contributed by atoms with Gasteiger partial charge in [-0.25, -0.2) is 13.2 Å². The molecule has 2 aromatic carbocycles. The van der Waals surface area contributed by atoms with Gasteiger partial charge in [0, 0.05) is 23.8 Å². The van der Waals surface area contributed by atoms with Crippen molar-refractivity contribution in [2.75, 3.05) is 19.8 Å². The summed E-state index contributed by atoms with van der Waals surface area (Å²) in [4.78, 5) is 0. The molecule has 9 heteroatoms. The smallest absolute Gasteiger partial charge is 0.458 e. The summed E-state index contributed by atoms with van der Waals surface area (Å²) in [5.74, 6) is -0.492. The van der Waals surface area contributed by atoms with Crippen LogP contribution in [0.25, 0.3) is 10.8 Å². The van der Waals surface area contributed by atoms with Gasteiger partial charge < -0.3 is 14.2 Å². The highest BCUT2D eigenvalue weighted by atomic mass is 19.4. The van der Waals surface area contributed by atoms with Crippen LogP contribution in [0.5, 0.6) is 5.75 Å². The second-order valence-electron chi connectivity index (χ2n) is 10.6. The van der Waals surface area contributed by atoms with E-state index >= 15 is 0 Å². The van der Waals surface area contributed by atoms with Gasteiger partial charge in [-0.1, -0.05) is 38.5 Å². The van der Waals surface area contributed by atoms with Crippen molar-refractivity contribution in [2.45, 2.75) is 77.2 Å². The SMILES string of the molecule is CCCCCCC1COC(C2CCC(COc3cc(F)c4c(F)c(C#CC(F)(F)F)c(F)cc4c3)CC2)OC1. The summed E-state index contributed by atoms with van der Waals surface area (Å²) in [7, 11) is 0. The van der Waals surface area contributed by atoms with Gasteiger partial charge in [-0.3, -0.25) is 0 Å². The van der Waals surface area contributed by atoms with Crippen LogP contribution in [0.2, 0.25) is 0 Å². The zero-order chi connectivity index (χ0) is 28.0. The number of halogens is 6. The number of fused-ring (bicyclic) bond motifs is 1. The molecule has 2 fully saturated rings. The molecule has 0 aromatic heterocycles. The summed E-state index contributed by atoms with van der Waals surface area (Å²) >= 11 is 0. The van der Waals surface area contributed by atoms with Crippen molar-refractivity contribution in [1.82, 2.24) is 0 Å². The van der Waals surface area contributed by atoms with Crippen molar-refractivity contribution < 1.29 is 40.6 Å². The molecule has 1 saturated carbocycles. The number of hydrogen-bond acceptors (Lipinski definition) is 3. The van der Waals surface area contributed by atoms with E-state index in [1.807, 2.05) is 0 Å². The van der Waals surface area contributed by atoms with Crippen molar-refractivity contribution in [3.05, 3.63) is 41.2 Å². The first-order chi connectivity index (χ1) is 18.6. The van der Waals surface area contributed by atoms with Gasteiger partial charge in [0.25, 0.3) is 0 Å². The Balaban J connectivity index is 1.28. The molecule has 2 aliphatic rings. The molecule has 0 bridgehead atoms. The highest BCUT2D eigenvalue weighted by Crippen LogP contribution is 2.36. The maximum absolute atomic E-state index is 14.7. The van der Waals surface area contributed by atoms with Gasteiger partial charge >= 0.3 is 6.18 Å². The first-order valence-corrected chi connectivity index (χ1v) is 13.7. The molecule has 0 unspecified atom stereocenters. The first kappa shape index (κ1) is 29.5. The number of alkyl halides is 3. The average Bonchev–Trinajstić information content (AvgIpc) is 2.89. The van der Waals surface area contributed by atoms with Gasteiger partial charge in [-0.05, 0) is 55.5 Å².